The molecule has 4 amide bonds. The summed E-state index contributed by atoms with van der Waals surface area (Å²) >= 11 is 0. The molecule has 3 rings (SSSR count). The SMILES string of the molecule is CN(C)CCCNC(=O)CCCNC(=O)c1cc(NC(=O)c2nc(NC(=O)c3nc([N+](=O)[O-])cn3C)cn2C)cn1C. The molecule has 0 aliphatic heterocycles. The Hall–Kier alpha value is -5.06. The molecule has 0 saturated heterocycles. The van der Waals surface area contributed by atoms with Gasteiger partial charge in [-0.1, -0.05) is 0 Å². The molecule has 17 nitrogen and oxygen atoms in total. The second kappa shape index (κ2) is 14.0. The van der Waals surface area contributed by atoms with Crippen molar-refractivity contribution in [3.63, 3.8) is 0 Å². The summed E-state index contributed by atoms with van der Waals surface area (Å²) in [6, 6.07) is 1.50. The Labute approximate surface area is 241 Å². The predicted octanol–water partition coefficient (Wildman–Crippen LogP) is 0.483. The maximum atomic E-state index is 12.9. The summed E-state index contributed by atoms with van der Waals surface area (Å²) in [5, 5.41) is 21.7. The second-order valence-electron chi connectivity index (χ2n) is 9.85. The number of imidazole rings is 2. The van der Waals surface area contributed by atoms with E-state index in [0.29, 0.717) is 37.3 Å². The zero-order valence-corrected chi connectivity index (χ0v) is 24.1. The van der Waals surface area contributed by atoms with Gasteiger partial charge in [0.25, 0.3) is 11.8 Å². The van der Waals surface area contributed by atoms with Crippen LogP contribution < -0.4 is 21.3 Å². The summed E-state index contributed by atoms with van der Waals surface area (Å²) in [7, 11) is 8.59. The highest BCUT2D eigenvalue weighted by Crippen LogP contribution is 2.16. The number of nitrogens with zero attached hydrogens (tertiary/aromatic N) is 7. The summed E-state index contributed by atoms with van der Waals surface area (Å²) in [6.07, 6.45) is 5.71. The largest absolute Gasteiger partial charge is 0.382 e. The van der Waals surface area contributed by atoms with Crippen LogP contribution in [0.2, 0.25) is 0 Å². The molecule has 0 bridgehead atoms. The number of amides is 4. The molecule has 0 saturated carbocycles. The normalized spacial score (nSPS) is 10.9. The number of hydrogen-bond donors (Lipinski definition) is 4. The Balaban J connectivity index is 1.51. The number of rotatable bonds is 14. The number of carbonyl (C=O) groups is 4. The van der Waals surface area contributed by atoms with Gasteiger partial charge in [0.2, 0.25) is 11.7 Å². The predicted molar refractivity (Wildman–Crippen MR) is 152 cm³/mol. The minimum Gasteiger partial charge on any atom is -0.358 e. The van der Waals surface area contributed by atoms with Gasteiger partial charge in [0.1, 0.15) is 11.9 Å². The second-order valence-corrected chi connectivity index (χ2v) is 9.85. The highest BCUT2D eigenvalue weighted by molar-refractivity contribution is 6.05. The number of anilines is 2. The Bertz CT molecular complexity index is 1470. The molecule has 3 heterocycles. The molecule has 3 aromatic rings. The molecular weight excluding hydrogens is 550 g/mol. The molecule has 0 aliphatic carbocycles. The number of nitro groups is 1. The monoisotopic (exact) mass is 585 g/mol. The highest BCUT2D eigenvalue weighted by atomic mass is 16.6. The third-order valence-corrected chi connectivity index (χ3v) is 6.04. The van der Waals surface area contributed by atoms with E-state index in [2.05, 4.69) is 31.2 Å². The van der Waals surface area contributed by atoms with E-state index in [9.17, 15) is 29.3 Å². The van der Waals surface area contributed by atoms with Gasteiger partial charge in [-0.25, -0.2) is 4.98 Å². The van der Waals surface area contributed by atoms with Gasteiger partial charge < -0.3 is 50.0 Å². The lowest BCUT2D eigenvalue weighted by Crippen LogP contribution is -2.29. The molecule has 3 aromatic heterocycles. The molecule has 42 heavy (non-hydrogen) atoms. The van der Waals surface area contributed by atoms with Crippen molar-refractivity contribution >= 4 is 41.0 Å². The van der Waals surface area contributed by atoms with Crippen molar-refractivity contribution in [2.24, 2.45) is 21.1 Å². The zero-order valence-electron chi connectivity index (χ0n) is 24.1. The molecule has 0 spiro atoms. The highest BCUT2D eigenvalue weighted by Gasteiger charge is 2.25. The molecule has 0 aromatic carbocycles. The number of aryl methyl sites for hydroxylation is 3. The van der Waals surface area contributed by atoms with Crippen molar-refractivity contribution in [1.29, 1.82) is 0 Å². The fraction of sp³-hybridized carbons (Fsp3) is 0.440. The molecule has 0 radical (unpaired) electrons. The Morgan fingerprint density at radius 3 is 2.17 bits per heavy atom. The van der Waals surface area contributed by atoms with Gasteiger partial charge in [-0.05, 0) is 49.5 Å². The average Bonchev–Trinajstić information content (AvgIpc) is 3.60. The van der Waals surface area contributed by atoms with Crippen LogP contribution >= 0.6 is 0 Å². The molecule has 17 heteroatoms. The van der Waals surface area contributed by atoms with Crippen LogP contribution in [0.3, 0.4) is 0 Å². The van der Waals surface area contributed by atoms with E-state index >= 15 is 0 Å². The van der Waals surface area contributed by atoms with Gasteiger partial charge in [-0.3, -0.25) is 19.2 Å². The first-order valence-corrected chi connectivity index (χ1v) is 13.1. The number of carbonyl (C=O) groups excluding carboxylic acids is 4. The minimum atomic E-state index is -0.741. The van der Waals surface area contributed by atoms with Crippen LogP contribution in [0.1, 0.15) is 51.0 Å². The molecule has 0 unspecified atom stereocenters. The summed E-state index contributed by atoms with van der Waals surface area (Å²) < 4.78 is 4.15. The average molecular weight is 586 g/mol. The van der Waals surface area contributed by atoms with E-state index in [1.54, 1.807) is 24.9 Å². The Morgan fingerprint density at radius 2 is 1.50 bits per heavy atom. The lowest BCUT2D eigenvalue weighted by Gasteiger charge is -2.10. The van der Waals surface area contributed by atoms with Gasteiger partial charge in [0.15, 0.2) is 5.82 Å². The van der Waals surface area contributed by atoms with E-state index in [0.717, 1.165) is 19.2 Å². The lowest BCUT2D eigenvalue weighted by atomic mass is 10.2. The van der Waals surface area contributed by atoms with Crippen LogP contribution in [0, 0.1) is 10.1 Å². The summed E-state index contributed by atoms with van der Waals surface area (Å²) in [6.45, 7) is 1.80. The maximum Gasteiger partial charge on any atom is 0.382 e. The smallest absolute Gasteiger partial charge is 0.358 e. The van der Waals surface area contributed by atoms with Gasteiger partial charge in [0, 0.05) is 53.0 Å². The molecular formula is C25H35N11O6. The van der Waals surface area contributed by atoms with Gasteiger partial charge >= 0.3 is 17.5 Å². The fourth-order valence-electron chi connectivity index (χ4n) is 3.96. The van der Waals surface area contributed by atoms with Gasteiger partial charge in [-0.15, -0.1) is 0 Å². The summed E-state index contributed by atoms with van der Waals surface area (Å²) in [4.78, 5) is 70.0. The molecule has 4 N–H and O–H groups in total. The van der Waals surface area contributed by atoms with Crippen molar-refractivity contribution in [1.82, 2.24) is 39.2 Å². The van der Waals surface area contributed by atoms with E-state index in [1.807, 2.05) is 19.0 Å². The van der Waals surface area contributed by atoms with Crippen LogP contribution in [-0.4, -0.2) is 90.9 Å². The number of nitrogens with one attached hydrogen (secondary N) is 4. The third-order valence-electron chi connectivity index (χ3n) is 6.04. The lowest BCUT2D eigenvalue weighted by molar-refractivity contribution is -0.389. The molecule has 0 aliphatic rings. The van der Waals surface area contributed by atoms with Crippen molar-refractivity contribution in [2.75, 3.05) is 44.4 Å². The summed E-state index contributed by atoms with van der Waals surface area (Å²) in [5.41, 5.74) is 0.647. The van der Waals surface area contributed by atoms with Gasteiger partial charge in [-0.2, -0.15) is 0 Å². The van der Waals surface area contributed by atoms with E-state index in [1.165, 1.54) is 28.4 Å². The maximum absolute atomic E-state index is 12.9. The molecule has 0 fully saturated rings. The molecule has 0 atom stereocenters. The number of aromatic nitrogens is 5. The van der Waals surface area contributed by atoms with Crippen LogP contribution in [0.25, 0.3) is 0 Å². The van der Waals surface area contributed by atoms with Crippen molar-refractivity contribution < 1.29 is 24.1 Å². The van der Waals surface area contributed by atoms with Crippen LogP contribution in [0.5, 0.6) is 0 Å². The number of hydrogen-bond acceptors (Lipinski definition) is 9. The van der Waals surface area contributed by atoms with E-state index in [-0.39, 0.29) is 29.3 Å². The standard InChI is InChI=1S/C25H35N11O6/c1-32(2)11-7-10-26-20(37)8-6-9-27-23(38)17-12-16(13-33(17)3)28-24(39)21-29-18(14-34(21)4)30-25(40)22-31-19(36(41)42)15-35(22)5/h12-15H,6-11H2,1-5H3,(H,26,37)(H,27,38)(H,28,39)(H,30,40). The minimum absolute atomic E-state index is 0.0358. The van der Waals surface area contributed by atoms with Crippen LogP contribution in [0.4, 0.5) is 17.3 Å². The van der Waals surface area contributed by atoms with E-state index < -0.39 is 22.6 Å². The topological polar surface area (TPSA) is 203 Å². The van der Waals surface area contributed by atoms with Gasteiger partial charge in [0.05, 0.1) is 5.69 Å². The first-order valence-electron chi connectivity index (χ1n) is 13.1. The van der Waals surface area contributed by atoms with Crippen molar-refractivity contribution in [3.8, 4) is 0 Å². The zero-order chi connectivity index (χ0) is 31.0. The summed E-state index contributed by atoms with van der Waals surface area (Å²) in [5.74, 6) is -2.44. The Kier molecular flexibility index (Phi) is 10.5. The van der Waals surface area contributed by atoms with Crippen LogP contribution in [0.15, 0.2) is 24.7 Å². The van der Waals surface area contributed by atoms with Crippen molar-refractivity contribution in [2.45, 2.75) is 19.3 Å². The fourth-order valence-corrected chi connectivity index (χ4v) is 3.96. The molecule has 226 valence electrons. The Morgan fingerprint density at radius 1 is 0.857 bits per heavy atom. The van der Waals surface area contributed by atoms with Crippen molar-refractivity contribution in [3.05, 3.63) is 52.1 Å². The quantitative estimate of drug-likeness (QED) is 0.118. The van der Waals surface area contributed by atoms with E-state index in [4.69, 9.17) is 0 Å². The third kappa shape index (κ3) is 8.47. The first kappa shape index (κ1) is 31.5. The van der Waals surface area contributed by atoms with Crippen LogP contribution in [-0.2, 0) is 25.9 Å². The first-order chi connectivity index (χ1) is 19.8.